The minimum Gasteiger partial charge on any atom is -0.454 e. The number of carbonyl (C=O) groups is 2. The molecular formula is C28H23Cl2N5O6S. The van der Waals surface area contributed by atoms with Crippen molar-refractivity contribution in [2.75, 3.05) is 5.43 Å². The van der Waals surface area contributed by atoms with Gasteiger partial charge in [0.1, 0.15) is 11.8 Å². The minimum absolute atomic E-state index is 0.00701. The number of halogens is 2. The predicted octanol–water partition coefficient (Wildman–Crippen LogP) is 6.16. The second-order valence-electron chi connectivity index (χ2n) is 9.22. The molecule has 0 unspecified atom stereocenters. The molecule has 0 aliphatic heterocycles. The summed E-state index contributed by atoms with van der Waals surface area (Å²) in [4.78, 5) is 22.4. The molecule has 1 amide bonds. The quantitative estimate of drug-likeness (QED) is 0.0963. The zero-order valence-corrected chi connectivity index (χ0v) is 24.5. The number of anilines is 1. The maximum Gasteiger partial charge on any atom is 0.412 e. The van der Waals surface area contributed by atoms with Crippen LogP contribution in [0.2, 0.25) is 10.0 Å². The van der Waals surface area contributed by atoms with Crippen molar-refractivity contribution in [1.29, 1.82) is 5.26 Å². The van der Waals surface area contributed by atoms with Crippen LogP contribution >= 0.6 is 23.2 Å². The molecule has 3 aromatic carbocycles. The molecular weight excluding hydrogens is 605 g/mol. The van der Waals surface area contributed by atoms with E-state index in [1.807, 2.05) is 19.9 Å². The molecule has 0 bridgehead atoms. The molecule has 42 heavy (non-hydrogen) atoms. The van der Waals surface area contributed by atoms with E-state index in [9.17, 15) is 18.0 Å². The van der Waals surface area contributed by atoms with E-state index >= 15 is 0 Å². The third kappa shape index (κ3) is 6.83. The number of rotatable bonds is 9. The van der Waals surface area contributed by atoms with Gasteiger partial charge in [-0.2, -0.15) is 10.4 Å². The first-order valence-electron chi connectivity index (χ1n) is 12.2. The number of hydrazone groups is 1. The Kier molecular flexibility index (Phi) is 9.06. The highest BCUT2D eigenvalue weighted by Crippen LogP contribution is 2.40. The molecule has 0 saturated heterocycles. The molecule has 3 N–H and O–H groups in total. The maximum atomic E-state index is 13.4. The van der Waals surface area contributed by atoms with Crippen LogP contribution in [0.1, 0.15) is 30.9 Å². The molecule has 1 aromatic heterocycles. The number of fused-ring (bicyclic) bond motifs is 1. The molecule has 4 aromatic rings. The van der Waals surface area contributed by atoms with E-state index in [0.29, 0.717) is 22.2 Å². The Balaban J connectivity index is 1.63. The highest BCUT2D eigenvalue weighted by molar-refractivity contribution is 7.89. The summed E-state index contributed by atoms with van der Waals surface area (Å²) in [6, 6.07) is 18.1. The average molecular weight is 628 g/mol. The van der Waals surface area contributed by atoms with E-state index in [-0.39, 0.29) is 33.2 Å². The van der Waals surface area contributed by atoms with Gasteiger partial charge in [0.15, 0.2) is 5.75 Å². The van der Waals surface area contributed by atoms with Crippen LogP contribution in [0.5, 0.6) is 11.5 Å². The summed E-state index contributed by atoms with van der Waals surface area (Å²) in [5.74, 6) is -1.04. The van der Waals surface area contributed by atoms with Crippen LogP contribution < -0.4 is 15.9 Å². The molecule has 4 rings (SSSR count). The van der Waals surface area contributed by atoms with E-state index in [4.69, 9.17) is 38.9 Å². The summed E-state index contributed by atoms with van der Waals surface area (Å²) in [6.07, 6.45) is 0.243. The molecule has 0 fully saturated rings. The Morgan fingerprint density at radius 1 is 1.10 bits per heavy atom. The number of amides is 1. The fourth-order valence-electron chi connectivity index (χ4n) is 4.03. The van der Waals surface area contributed by atoms with Gasteiger partial charge in [-0.3, -0.25) is 5.43 Å². The normalized spacial score (nSPS) is 11.8. The third-order valence-corrected chi connectivity index (χ3v) is 8.06. The van der Waals surface area contributed by atoms with E-state index in [0.717, 1.165) is 5.56 Å². The highest BCUT2D eigenvalue weighted by atomic mass is 35.5. The number of carbonyl (C=O) groups excluding carboxylic acids is 2. The zero-order chi connectivity index (χ0) is 30.6. The largest absolute Gasteiger partial charge is 0.454 e. The number of nitrogens with two attached hydrogens (primary N) is 1. The third-order valence-electron chi connectivity index (χ3n) is 5.89. The summed E-state index contributed by atoms with van der Waals surface area (Å²) in [7, 11) is -3.72. The summed E-state index contributed by atoms with van der Waals surface area (Å²) in [5.41, 5.74) is 8.60. The molecule has 0 atom stereocenters. The number of nitriles is 1. The van der Waals surface area contributed by atoms with E-state index in [2.05, 4.69) is 15.3 Å². The molecule has 0 aliphatic rings. The Bertz CT molecular complexity index is 1840. The molecule has 0 aliphatic carbocycles. The lowest BCUT2D eigenvalue weighted by molar-refractivity contribution is -0.129. The lowest BCUT2D eigenvalue weighted by Crippen LogP contribution is -2.24. The van der Waals surface area contributed by atoms with Crippen molar-refractivity contribution in [2.24, 2.45) is 10.8 Å². The molecule has 14 heteroatoms. The van der Waals surface area contributed by atoms with Crippen molar-refractivity contribution in [3.63, 3.8) is 0 Å². The molecule has 0 radical (unpaired) electrons. The van der Waals surface area contributed by atoms with Crippen molar-refractivity contribution >= 4 is 67.6 Å². The Morgan fingerprint density at radius 3 is 2.36 bits per heavy atom. The van der Waals surface area contributed by atoms with Crippen LogP contribution in [-0.2, 0) is 25.3 Å². The number of primary amides is 1. The number of benzene rings is 3. The lowest BCUT2D eigenvalue weighted by Gasteiger charge is -2.12. The number of nitrogens with one attached hydrogen (secondary N) is 1. The molecule has 1 heterocycles. The Morgan fingerprint density at radius 2 is 1.76 bits per heavy atom. The molecule has 11 nitrogen and oxygen atoms in total. The maximum absolute atomic E-state index is 13.4. The topological polar surface area (TPSA) is 166 Å². The number of esters is 1. The summed E-state index contributed by atoms with van der Waals surface area (Å²) in [6.45, 7) is 3.92. The van der Waals surface area contributed by atoms with Gasteiger partial charge >= 0.3 is 12.1 Å². The first kappa shape index (κ1) is 30.4. The number of hydrogen-bond donors (Lipinski definition) is 2. The highest BCUT2D eigenvalue weighted by Gasteiger charge is 2.22. The van der Waals surface area contributed by atoms with Crippen molar-refractivity contribution in [1.82, 2.24) is 3.97 Å². The van der Waals surface area contributed by atoms with Crippen molar-refractivity contribution in [3.05, 3.63) is 88.0 Å². The standard InChI is InChI=1S/C28H23Cl2N5O6S/c1-16(2)21-14-35(42(38,39)15-17-6-4-3-5-7-17)25-9-8-19(12-20(21)25)40-26-22(29)10-18(11-23(26)30)33-34-24(13-31)27(36)41-28(32)37/h3-12,14,16,33H,15H2,1-2H3,(H2,32,37). The molecule has 216 valence electrons. The minimum atomic E-state index is -3.72. The smallest absolute Gasteiger partial charge is 0.412 e. The fourth-order valence-corrected chi connectivity index (χ4v) is 6.08. The second-order valence-corrected chi connectivity index (χ2v) is 11.9. The molecule has 0 spiro atoms. The summed E-state index contributed by atoms with van der Waals surface area (Å²) < 4.78 is 38.1. The lowest BCUT2D eigenvalue weighted by atomic mass is 10.0. The van der Waals surface area contributed by atoms with Gasteiger partial charge in [-0.25, -0.2) is 22.0 Å². The number of ether oxygens (including phenoxy) is 2. The van der Waals surface area contributed by atoms with Gasteiger partial charge in [0.05, 0.1) is 27.0 Å². The van der Waals surface area contributed by atoms with Crippen LogP contribution in [0.25, 0.3) is 10.9 Å². The number of aromatic nitrogens is 1. The predicted molar refractivity (Wildman–Crippen MR) is 159 cm³/mol. The van der Waals surface area contributed by atoms with Crippen LogP contribution in [0.3, 0.4) is 0 Å². The van der Waals surface area contributed by atoms with Crippen LogP contribution in [0.4, 0.5) is 10.5 Å². The summed E-state index contributed by atoms with van der Waals surface area (Å²) in [5, 5.41) is 13.5. The molecule has 0 saturated carbocycles. The first-order valence-corrected chi connectivity index (χ1v) is 14.6. The van der Waals surface area contributed by atoms with Crippen molar-refractivity contribution in [2.45, 2.75) is 25.5 Å². The number of nitrogens with zero attached hydrogens (tertiary/aromatic N) is 3. The van der Waals surface area contributed by atoms with E-state index < -0.39 is 27.8 Å². The van der Waals surface area contributed by atoms with Crippen molar-refractivity contribution in [3.8, 4) is 17.6 Å². The van der Waals surface area contributed by atoms with Crippen LogP contribution in [0, 0.1) is 11.3 Å². The number of hydrogen-bond acceptors (Lipinski definition) is 9. The monoisotopic (exact) mass is 627 g/mol. The summed E-state index contributed by atoms with van der Waals surface area (Å²) >= 11 is 12.8. The van der Waals surface area contributed by atoms with E-state index in [1.165, 1.54) is 22.2 Å². The van der Waals surface area contributed by atoms with Gasteiger partial charge in [0, 0.05) is 11.6 Å². The van der Waals surface area contributed by atoms with Crippen LogP contribution in [0.15, 0.2) is 72.0 Å². The van der Waals surface area contributed by atoms with Gasteiger partial charge in [-0.15, -0.1) is 0 Å². The van der Waals surface area contributed by atoms with Gasteiger partial charge in [0.2, 0.25) is 15.7 Å². The Hall–Kier alpha value is -4.57. The van der Waals surface area contributed by atoms with Gasteiger partial charge in [-0.1, -0.05) is 67.4 Å². The van der Waals surface area contributed by atoms with E-state index in [1.54, 1.807) is 48.7 Å². The van der Waals surface area contributed by atoms with Gasteiger partial charge < -0.3 is 15.2 Å². The van der Waals surface area contributed by atoms with Gasteiger partial charge in [-0.05, 0) is 47.4 Å². The first-order chi connectivity index (χ1) is 19.9. The average Bonchev–Trinajstić information content (AvgIpc) is 3.31. The fraction of sp³-hybridized carbons (Fsp3) is 0.143. The van der Waals surface area contributed by atoms with Gasteiger partial charge in [0.25, 0.3) is 0 Å². The SMILES string of the molecule is CC(C)c1cn(S(=O)(=O)Cc2ccccc2)c2ccc(Oc3c(Cl)cc(NN=C(C#N)C(=O)OC(N)=O)cc3Cl)cc12. The Labute approximate surface area is 251 Å². The van der Waals surface area contributed by atoms with Crippen molar-refractivity contribution < 1.29 is 27.5 Å². The van der Waals surface area contributed by atoms with Crippen LogP contribution in [-0.4, -0.2) is 30.2 Å². The zero-order valence-electron chi connectivity index (χ0n) is 22.2. The second kappa shape index (κ2) is 12.5.